The molecule has 0 unspecified atom stereocenters. The fourth-order valence-electron chi connectivity index (χ4n) is 0.682. The summed E-state index contributed by atoms with van der Waals surface area (Å²) in [4.78, 5) is 0. The van der Waals surface area contributed by atoms with Crippen LogP contribution in [0.3, 0.4) is 0 Å². The van der Waals surface area contributed by atoms with Crippen LogP contribution < -0.4 is 35.0 Å². The van der Waals surface area contributed by atoms with Crippen molar-refractivity contribution < 1.29 is 29.7 Å². The lowest BCUT2D eigenvalue weighted by Crippen LogP contribution is -3.00. The average Bonchev–Trinajstić information content (AvgIpc) is 1.88. The SMILES string of the molecule is [I-].[NH3+]C(=S)Nc1ccccc1. The molecular formula is C7H9IN2S. The molecule has 0 aromatic heterocycles. The molecule has 0 saturated heterocycles. The Balaban J connectivity index is 0.000001000. The minimum atomic E-state index is 0. The van der Waals surface area contributed by atoms with E-state index in [1.807, 2.05) is 30.3 Å². The zero-order chi connectivity index (χ0) is 7.40. The van der Waals surface area contributed by atoms with Gasteiger partial charge in [0.25, 0.3) is 5.11 Å². The van der Waals surface area contributed by atoms with Crippen molar-refractivity contribution in [2.45, 2.75) is 0 Å². The lowest BCUT2D eigenvalue weighted by atomic mass is 10.3. The van der Waals surface area contributed by atoms with Crippen LogP contribution in [0.15, 0.2) is 30.3 Å². The van der Waals surface area contributed by atoms with Crippen molar-refractivity contribution in [1.29, 1.82) is 0 Å². The van der Waals surface area contributed by atoms with Crippen LogP contribution in [-0.2, 0) is 0 Å². The van der Waals surface area contributed by atoms with E-state index >= 15 is 0 Å². The Kier molecular flexibility index (Phi) is 5.35. The standard InChI is InChI=1S/C7H8N2S.HI/c8-7(10)9-6-4-2-1-3-5-6;/h1-5H,(H3,8,9,10);1H. The van der Waals surface area contributed by atoms with Gasteiger partial charge in [-0.3, -0.25) is 0 Å². The molecule has 2 nitrogen and oxygen atoms in total. The molecule has 0 fully saturated rings. The Hall–Kier alpha value is -0.200. The summed E-state index contributed by atoms with van der Waals surface area (Å²) in [7, 11) is 0. The summed E-state index contributed by atoms with van der Waals surface area (Å²) < 4.78 is 0. The Labute approximate surface area is 88.2 Å². The van der Waals surface area contributed by atoms with Crippen LogP contribution in [0.1, 0.15) is 0 Å². The monoisotopic (exact) mass is 280 g/mol. The molecule has 1 rings (SSSR count). The molecule has 60 valence electrons. The largest absolute Gasteiger partial charge is 1.00 e. The molecule has 1 aromatic rings. The Morgan fingerprint density at radius 2 is 1.82 bits per heavy atom. The summed E-state index contributed by atoms with van der Waals surface area (Å²) in [6, 6.07) is 9.73. The summed E-state index contributed by atoms with van der Waals surface area (Å²) >= 11 is 4.76. The quantitative estimate of drug-likeness (QED) is 0.446. The molecule has 0 saturated carbocycles. The molecule has 4 heteroatoms. The van der Waals surface area contributed by atoms with E-state index < -0.39 is 0 Å². The maximum atomic E-state index is 4.76. The highest BCUT2D eigenvalue weighted by molar-refractivity contribution is 7.80. The van der Waals surface area contributed by atoms with E-state index in [2.05, 4.69) is 11.1 Å². The van der Waals surface area contributed by atoms with Gasteiger partial charge in [0.15, 0.2) is 0 Å². The van der Waals surface area contributed by atoms with Gasteiger partial charge in [0.05, 0.1) is 0 Å². The smallest absolute Gasteiger partial charge is 0.269 e. The highest BCUT2D eigenvalue weighted by Crippen LogP contribution is 2.02. The molecule has 0 aliphatic carbocycles. The fraction of sp³-hybridized carbons (Fsp3) is 0. The summed E-state index contributed by atoms with van der Waals surface area (Å²) in [5.41, 5.74) is 4.54. The first-order valence-corrected chi connectivity index (χ1v) is 3.38. The molecule has 0 aliphatic rings. The van der Waals surface area contributed by atoms with Gasteiger partial charge in [0.2, 0.25) is 0 Å². The zero-order valence-corrected chi connectivity index (χ0v) is 8.85. The number of hydrogen-bond acceptors (Lipinski definition) is 1. The molecule has 0 radical (unpaired) electrons. The summed E-state index contributed by atoms with van der Waals surface area (Å²) in [5.74, 6) is 0. The lowest BCUT2D eigenvalue weighted by molar-refractivity contribution is -0.208. The third-order valence-corrected chi connectivity index (χ3v) is 1.16. The van der Waals surface area contributed by atoms with Gasteiger partial charge in [-0.1, -0.05) is 18.2 Å². The lowest BCUT2D eigenvalue weighted by Gasteiger charge is -1.97. The Bertz CT molecular complexity index is 225. The second-order valence-corrected chi connectivity index (χ2v) is 2.41. The van der Waals surface area contributed by atoms with Crippen molar-refractivity contribution >= 4 is 23.0 Å². The van der Waals surface area contributed by atoms with Crippen LogP contribution in [0.4, 0.5) is 5.69 Å². The molecule has 11 heavy (non-hydrogen) atoms. The highest BCUT2D eigenvalue weighted by Gasteiger charge is 1.90. The summed E-state index contributed by atoms with van der Waals surface area (Å²) in [6.45, 7) is 0. The normalized spacial score (nSPS) is 8.09. The number of thiocarbonyl (C=S) groups is 1. The van der Waals surface area contributed by atoms with Crippen molar-refractivity contribution in [3.8, 4) is 0 Å². The van der Waals surface area contributed by atoms with Crippen molar-refractivity contribution in [3.63, 3.8) is 0 Å². The van der Waals surface area contributed by atoms with Gasteiger partial charge in [0.1, 0.15) is 0 Å². The first-order valence-electron chi connectivity index (χ1n) is 2.97. The van der Waals surface area contributed by atoms with Crippen LogP contribution in [0, 0.1) is 0 Å². The van der Waals surface area contributed by atoms with Crippen LogP contribution in [-0.4, -0.2) is 5.11 Å². The van der Waals surface area contributed by atoms with E-state index in [0.717, 1.165) is 5.69 Å². The number of nitrogens with one attached hydrogen (secondary N) is 1. The second-order valence-electron chi connectivity index (χ2n) is 1.91. The molecular weight excluding hydrogens is 271 g/mol. The van der Waals surface area contributed by atoms with Crippen LogP contribution in [0.25, 0.3) is 0 Å². The van der Waals surface area contributed by atoms with E-state index in [9.17, 15) is 0 Å². The van der Waals surface area contributed by atoms with Gasteiger partial charge in [-0.25, -0.2) is 0 Å². The zero-order valence-electron chi connectivity index (χ0n) is 5.88. The minimum Gasteiger partial charge on any atom is -1.00 e. The number of hydrogen-bond donors (Lipinski definition) is 2. The highest BCUT2D eigenvalue weighted by atomic mass is 127. The maximum Gasteiger partial charge on any atom is 0.269 e. The number of halogens is 1. The number of para-hydroxylation sites is 1. The van der Waals surface area contributed by atoms with Gasteiger partial charge < -0.3 is 35.0 Å². The Morgan fingerprint density at radius 1 is 1.27 bits per heavy atom. The topological polar surface area (TPSA) is 39.7 Å². The van der Waals surface area contributed by atoms with Crippen molar-refractivity contribution in [2.75, 3.05) is 5.32 Å². The molecule has 0 bridgehead atoms. The fourth-order valence-corrected chi connectivity index (χ4v) is 0.800. The van der Waals surface area contributed by atoms with E-state index in [4.69, 9.17) is 12.2 Å². The summed E-state index contributed by atoms with van der Waals surface area (Å²) in [6.07, 6.45) is 0. The van der Waals surface area contributed by atoms with Gasteiger partial charge in [-0.15, -0.1) is 0 Å². The molecule has 0 aliphatic heterocycles. The molecule has 0 amide bonds. The predicted octanol–water partition coefficient (Wildman–Crippen LogP) is -2.37. The number of benzene rings is 1. The van der Waals surface area contributed by atoms with Crippen LogP contribution in [0.2, 0.25) is 0 Å². The first kappa shape index (κ1) is 10.8. The number of rotatable bonds is 1. The van der Waals surface area contributed by atoms with Gasteiger partial charge in [-0.05, 0) is 12.1 Å². The second kappa shape index (κ2) is 5.45. The average molecular weight is 280 g/mol. The third-order valence-electron chi connectivity index (χ3n) is 1.06. The third kappa shape index (κ3) is 4.28. The van der Waals surface area contributed by atoms with Crippen molar-refractivity contribution in [3.05, 3.63) is 30.3 Å². The molecule has 1 aromatic carbocycles. The van der Waals surface area contributed by atoms with E-state index in [0.29, 0.717) is 5.11 Å². The Morgan fingerprint density at radius 3 is 2.27 bits per heavy atom. The minimum absolute atomic E-state index is 0. The van der Waals surface area contributed by atoms with Gasteiger partial charge in [-0.2, -0.15) is 0 Å². The number of quaternary nitrogens is 1. The van der Waals surface area contributed by atoms with E-state index in [-0.39, 0.29) is 24.0 Å². The molecule has 0 heterocycles. The molecule has 0 atom stereocenters. The first-order chi connectivity index (χ1) is 4.79. The van der Waals surface area contributed by atoms with E-state index in [1.165, 1.54) is 0 Å². The molecule has 4 N–H and O–H groups in total. The maximum absolute atomic E-state index is 4.76. The van der Waals surface area contributed by atoms with Gasteiger partial charge in [0, 0.05) is 17.9 Å². The van der Waals surface area contributed by atoms with Crippen LogP contribution in [0.5, 0.6) is 0 Å². The number of anilines is 1. The van der Waals surface area contributed by atoms with Crippen molar-refractivity contribution in [1.82, 2.24) is 0 Å². The predicted molar refractivity (Wildman–Crippen MR) is 45.6 cm³/mol. The van der Waals surface area contributed by atoms with E-state index in [1.54, 1.807) is 0 Å². The summed E-state index contributed by atoms with van der Waals surface area (Å²) in [5, 5.41) is 3.47. The van der Waals surface area contributed by atoms with Crippen LogP contribution >= 0.6 is 12.2 Å². The molecule has 0 spiro atoms. The van der Waals surface area contributed by atoms with Crippen molar-refractivity contribution in [2.24, 2.45) is 0 Å². The van der Waals surface area contributed by atoms with Gasteiger partial charge >= 0.3 is 0 Å².